The SMILES string of the molecule is C[C@@H](NC(=O)CCc1cn(Cc2ccccc2)c2ccccc12)c1ccccc1. The maximum atomic E-state index is 12.5. The standard InChI is InChI=1S/C26H26N2O/c1-20(22-12-6-3-7-13-22)27-26(29)17-16-23-19-28(18-21-10-4-2-5-11-21)25-15-9-8-14-24(23)25/h2-15,19-20H,16-18H2,1H3,(H,27,29)/t20-/m1/s1. The maximum absolute atomic E-state index is 12.5. The molecule has 4 aromatic rings. The first-order chi connectivity index (χ1) is 14.2. The molecule has 0 aliphatic carbocycles. The molecule has 0 unspecified atom stereocenters. The molecule has 0 spiro atoms. The van der Waals surface area contributed by atoms with E-state index in [0.717, 1.165) is 18.5 Å². The highest BCUT2D eigenvalue weighted by molar-refractivity contribution is 5.85. The summed E-state index contributed by atoms with van der Waals surface area (Å²) in [6.07, 6.45) is 3.41. The van der Waals surface area contributed by atoms with Crippen LogP contribution in [-0.4, -0.2) is 10.5 Å². The molecule has 146 valence electrons. The van der Waals surface area contributed by atoms with E-state index in [4.69, 9.17) is 0 Å². The molecule has 3 aromatic carbocycles. The normalized spacial score (nSPS) is 12.0. The minimum absolute atomic E-state index is 0.0168. The van der Waals surface area contributed by atoms with Crippen molar-refractivity contribution in [3.05, 3.63) is 108 Å². The molecular weight excluding hydrogens is 356 g/mol. The van der Waals surface area contributed by atoms with Crippen molar-refractivity contribution in [2.24, 2.45) is 0 Å². The lowest BCUT2D eigenvalue weighted by Gasteiger charge is -2.14. The number of hydrogen-bond donors (Lipinski definition) is 1. The minimum atomic E-state index is 0.0168. The molecule has 0 saturated carbocycles. The van der Waals surface area contributed by atoms with E-state index < -0.39 is 0 Å². The predicted molar refractivity (Wildman–Crippen MR) is 119 cm³/mol. The van der Waals surface area contributed by atoms with E-state index in [1.807, 2.05) is 43.3 Å². The first kappa shape index (κ1) is 19.0. The van der Waals surface area contributed by atoms with Gasteiger partial charge >= 0.3 is 0 Å². The summed E-state index contributed by atoms with van der Waals surface area (Å²) < 4.78 is 2.28. The Morgan fingerprint density at radius 2 is 1.55 bits per heavy atom. The third-order valence-electron chi connectivity index (χ3n) is 5.37. The van der Waals surface area contributed by atoms with Crippen molar-refractivity contribution >= 4 is 16.8 Å². The molecule has 1 amide bonds. The van der Waals surface area contributed by atoms with Crippen molar-refractivity contribution in [2.75, 3.05) is 0 Å². The van der Waals surface area contributed by atoms with Gasteiger partial charge in [-0.1, -0.05) is 78.9 Å². The summed E-state index contributed by atoms with van der Waals surface area (Å²) in [5.41, 5.74) is 4.83. The number of fused-ring (bicyclic) bond motifs is 1. The Morgan fingerprint density at radius 1 is 0.897 bits per heavy atom. The van der Waals surface area contributed by atoms with Crippen LogP contribution in [0.3, 0.4) is 0 Å². The Morgan fingerprint density at radius 3 is 2.31 bits per heavy atom. The third kappa shape index (κ3) is 4.57. The fraction of sp³-hybridized carbons (Fsp3) is 0.192. The molecule has 1 atom stereocenters. The lowest BCUT2D eigenvalue weighted by molar-refractivity contribution is -0.121. The molecular formula is C26H26N2O. The van der Waals surface area contributed by atoms with Gasteiger partial charge in [0.25, 0.3) is 0 Å². The van der Waals surface area contributed by atoms with Crippen molar-refractivity contribution in [3.8, 4) is 0 Å². The molecule has 1 aromatic heterocycles. The topological polar surface area (TPSA) is 34.0 Å². The van der Waals surface area contributed by atoms with Crippen LogP contribution in [0.25, 0.3) is 10.9 Å². The summed E-state index contributed by atoms with van der Waals surface area (Å²) in [5.74, 6) is 0.0845. The summed E-state index contributed by atoms with van der Waals surface area (Å²) >= 11 is 0. The monoisotopic (exact) mass is 382 g/mol. The van der Waals surface area contributed by atoms with E-state index in [1.165, 1.54) is 22.0 Å². The van der Waals surface area contributed by atoms with Crippen LogP contribution >= 0.6 is 0 Å². The number of rotatable bonds is 7. The van der Waals surface area contributed by atoms with Gasteiger partial charge in [0, 0.05) is 30.1 Å². The van der Waals surface area contributed by atoms with Crippen molar-refractivity contribution in [3.63, 3.8) is 0 Å². The summed E-state index contributed by atoms with van der Waals surface area (Å²) in [7, 11) is 0. The number of para-hydroxylation sites is 1. The van der Waals surface area contributed by atoms with Crippen LogP contribution in [0, 0.1) is 0 Å². The van der Waals surface area contributed by atoms with Crippen LogP contribution in [0.5, 0.6) is 0 Å². The summed E-state index contributed by atoms with van der Waals surface area (Å²) in [4.78, 5) is 12.5. The van der Waals surface area contributed by atoms with Crippen molar-refractivity contribution < 1.29 is 4.79 Å². The molecule has 0 aliphatic rings. The second kappa shape index (κ2) is 8.78. The number of amides is 1. The molecule has 0 radical (unpaired) electrons. The van der Waals surface area contributed by atoms with Crippen molar-refractivity contribution in [1.29, 1.82) is 0 Å². The van der Waals surface area contributed by atoms with Gasteiger partial charge in [0.15, 0.2) is 0 Å². The number of aromatic nitrogens is 1. The molecule has 1 heterocycles. The van der Waals surface area contributed by atoms with E-state index in [1.54, 1.807) is 0 Å². The summed E-state index contributed by atoms with van der Waals surface area (Å²) in [5, 5.41) is 4.34. The Kier molecular flexibility index (Phi) is 5.76. The molecule has 1 N–H and O–H groups in total. The molecule has 4 rings (SSSR count). The van der Waals surface area contributed by atoms with E-state index in [0.29, 0.717) is 6.42 Å². The van der Waals surface area contributed by atoms with E-state index in [9.17, 15) is 4.79 Å². The molecule has 29 heavy (non-hydrogen) atoms. The van der Waals surface area contributed by atoms with Gasteiger partial charge < -0.3 is 9.88 Å². The predicted octanol–water partition coefficient (Wildman–Crippen LogP) is 5.50. The van der Waals surface area contributed by atoms with Crippen LogP contribution in [0.1, 0.15) is 36.1 Å². The Bertz CT molecular complexity index is 1080. The lowest BCUT2D eigenvalue weighted by Crippen LogP contribution is -2.26. The van der Waals surface area contributed by atoms with Gasteiger partial charge in [0.1, 0.15) is 0 Å². The largest absolute Gasteiger partial charge is 0.350 e. The summed E-state index contributed by atoms with van der Waals surface area (Å²) in [6.45, 7) is 2.86. The second-order valence-electron chi connectivity index (χ2n) is 7.48. The molecule has 0 saturated heterocycles. The number of aryl methyl sites for hydroxylation is 1. The Balaban J connectivity index is 1.46. The van der Waals surface area contributed by atoms with E-state index >= 15 is 0 Å². The number of carbonyl (C=O) groups is 1. The van der Waals surface area contributed by atoms with Gasteiger partial charge in [0.05, 0.1) is 6.04 Å². The zero-order valence-corrected chi connectivity index (χ0v) is 16.7. The fourth-order valence-corrected chi connectivity index (χ4v) is 3.82. The highest BCUT2D eigenvalue weighted by Crippen LogP contribution is 2.24. The van der Waals surface area contributed by atoms with Gasteiger partial charge in [-0.15, -0.1) is 0 Å². The second-order valence-corrected chi connectivity index (χ2v) is 7.48. The van der Waals surface area contributed by atoms with E-state index in [2.05, 4.69) is 64.6 Å². The number of nitrogens with zero attached hydrogens (tertiary/aromatic N) is 1. The first-order valence-corrected chi connectivity index (χ1v) is 10.2. The smallest absolute Gasteiger partial charge is 0.220 e. The molecule has 3 nitrogen and oxygen atoms in total. The number of carbonyl (C=O) groups excluding carboxylic acids is 1. The zero-order valence-electron chi connectivity index (χ0n) is 16.7. The molecule has 3 heteroatoms. The lowest BCUT2D eigenvalue weighted by atomic mass is 10.1. The van der Waals surface area contributed by atoms with Crippen LogP contribution in [0.2, 0.25) is 0 Å². The first-order valence-electron chi connectivity index (χ1n) is 10.2. The Labute approximate surface area is 172 Å². The number of benzene rings is 3. The third-order valence-corrected chi connectivity index (χ3v) is 5.37. The average molecular weight is 383 g/mol. The van der Waals surface area contributed by atoms with Gasteiger partial charge in [0.2, 0.25) is 5.91 Å². The van der Waals surface area contributed by atoms with Crippen molar-refractivity contribution in [1.82, 2.24) is 9.88 Å². The fourth-order valence-electron chi connectivity index (χ4n) is 3.82. The van der Waals surface area contributed by atoms with Crippen LogP contribution < -0.4 is 5.32 Å². The highest BCUT2D eigenvalue weighted by Gasteiger charge is 2.12. The minimum Gasteiger partial charge on any atom is -0.350 e. The zero-order chi connectivity index (χ0) is 20.1. The van der Waals surface area contributed by atoms with Gasteiger partial charge in [-0.05, 0) is 36.1 Å². The quantitative estimate of drug-likeness (QED) is 0.450. The van der Waals surface area contributed by atoms with Crippen LogP contribution in [0.15, 0.2) is 91.1 Å². The average Bonchev–Trinajstić information content (AvgIpc) is 3.11. The van der Waals surface area contributed by atoms with Gasteiger partial charge in [-0.3, -0.25) is 4.79 Å². The maximum Gasteiger partial charge on any atom is 0.220 e. The molecule has 0 bridgehead atoms. The Hall–Kier alpha value is -3.33. The highest BCUT2D eigenvalue weighted by atomic mass is 16.1. The molecule has 0 fully saturated rings. The van der Waals surface area contributed by atoms with E-state index in [-0.39, 0.29) is 11.9 Å². The summed E-state index contributed by atoms with van der Waals surface area (Å²) in [6, 6.07) is 29.0. The van der Waals surface area contributed by atoms with Gasteiger partial charge in [-0.25, -0.2) is 0 Å². The number of hydrogen-bond acceptors (Lipinski definition) is 1. The number of nitrogens with one attached hydrogen (secondary N) is 1. The van der Waals surface area contributed by atoms with Crippen LogP contribution in [0.4, 0.5) is 0 Å². The molecule has 0 aliphatic heterocycles. The van der Waals surface area contributed by atoms with Gasteiger partial charge in [-0.2, -0.15) is 0 Å². The van der Waals surface area contributed by atoms with Crippen molar-refractivity contribution in [2.45, 2.75) is 32.4 Å². The van der Waals surface area contributed by atoms with Crippen LogP contribution in [-0.2, 0) is 17.8 Å².